The van der Waals surface area contributed by atoms with E-state index in [0.29, 0.717) is 17.7 Å². The fraction of sp³-hybridized carbons (Fsp3) is 0.211. The molecule has 3 aromatic rings. The molecule has 0 saturated heterocycles. The highest BCUT2D eigenvalue weighted by atomic mass is 35.5. The minimum Gasteiger partial charge on any atom is -0.484 e. The number of rotatable bonds is 7. The number of ether oxygens (including phenoxy) is 1. The Kier molecular flexibility index (Phi) is 6.32. The average Bonchev–Trinajstić information content (AvgIpc) is 3.15. The highest BCUT2D eigenvalue weighted by Crippen LogP contribution is 2.35. The van der Waals surface area contributed by atoms with Crippen LogP contribution >= 0.6 is 22.9 Å². The zero-order valence-corrected chi connectivity index (χ0v) is 17.1. The Morgan fingerprint density at radius 3 is 2.61 bits per heavy atom. The van der Waals surface area contributed by atoms with Gasteiger partial charge in [-0.15, -0.1) is 11.3 Å². The lowest BCUT2D eigenvalue weighted by Gasteiger charge is -2.20. The van der Waals surface area contributed by atoms with E-state index >= 15 is 0 Å². The molecule has 0 saturated carbocycles. The first-order valence-electron chi connectivity index (χ1n) is 8.31. The number of hydrogen-bond acceptors (Lipinski definition) is 5. The van der Waals surface area contributed by atoms with Crippen molar-refractivity contribution in [3.63, 3.8) is 0 Å². The van der Waals surface area contributed by atoms with E-state index in [1.54, 1.807) is 30.5 Å². The first kappa shape index (κ1) is 20.7. The summed E-state index contributed by atoms with van der Waals surface area (Å²) in [4.78, 5) is 3.38. The summed E-state index contributed by atoms with van der Waals surface area (Å²) >= 11 is 7.40. The summed E-state index contributed by atoms with van der Waals surface area (Å²) in [7, 11) is -3.98. The SMILES string of the molecule is CC[C@H](Oc1cc(F)c(S(=O)(=O)Cc2cscn2)cc1Cl)c1ccccc1F. The first-order valence-corrected chi connectivity index (χ1v) is 11.3. The number of aromatic nitrogens is 1. The summed E-state index contributed by atoms with van der Waals surface area (Å²) in [6.45, 7) is 1.79. The number of benzene rings is 2. The maximum Gasteiger partial charge on any atom is 0.187 e. The zero-order chi connectivity index (χ0) is 20.3. The predicted octanol–water partition coefficient (Wildman–Crippen LogP) is 5.58. The maximum absolute atomic E-state index is 14.6. The molecule has 0 radical (unpaired) electrons. The van der Waals surface area contributed by atoms with Gasteiger partial charge >= 0.3 is 0 Å². The molecule has 1 atom stereocenters. The van der Waals surface area contributed by atoms with Crippen molar-refractivity contribution in [2.45, 2.75) is 30.1 Å². The number of hydrogen-bond donors (Lipinski definition) is 0. The van der Waals surface area contributed by atoms with Gasteiger partial charge < -0.3 is 4.74 Å². The van der Waals surface area contributed by atoms with Crippen LogP contribution in [-0.2, 0) is 15.6 Å². The molecular formula is C19H16ClF2NO3S2. The van der Waals surface area contributed by atoms with Crippen molar-refractivity contribution < 1.29 is 21.9 Å². The molecule has 0 unspecified atom stereocenters. The van der Waals surface area contributed by atoms with Crippen LogP contribution in [0.1, 0.15) is 30.7 Å². The fourth-order valence-corrected chi connectivity index (χ4v) is 4.97. The van der Waals surface area contributed by atoms with E-state index in [1.807, 2.05) is 0 Å². The van der Waals surface area contributed by atoms with Gasteiger partial charge in [-0.3, -0.25) is 0 Å². The molecule has 3 rings (SSSR count). The number of nitrogens with zero attached hydrogens (tertiary/aromatic N) is 1. The summed E-state index contributed by atoms with van der Waals surface area (Å²) < 4.78 is 59.3. The van der Waals surface area contributed by atoms with Crippen LogP contribution in [0.5, 0.6) is 5.75 Å². The second kappa shape index (κ2) is 8.55. The van der Waals surface area contributed by atoms with Gasteiger partial charge in [0.25, 0.3) is 0 Å². The monoisotopic (exact) mass is 443 g/mol. The van der Waals surface area contributed by atoms with Gasteiger partial charge in [-0.05, 0) is 18.6 Å². The van der Waals surface area contributed by atoms with E-state index in [2.05, 4.69) is 4.98 Å². The number of halogens is 3. The molecule has 9 heteroatoms. The van der Waals surface area contributed by atoms with Crippen LogP contribution in [0.3, 0.4) is 0 Å². The van der Waals surface area contributed by atoms with Crippen LogP contribution in [0.15, 0.2) is 52.2 Å². The summed E-state index contributed by atoms with van der Waals surface area (Å²) in [5, 5.41) is 1.50. The van der Waals surface area contributed by atoms with Gasteiger partial charge in [-0.1, -0.05) is 36.7 Å². The van der Waals surface area contributed by atoms with Gasteiger partial charge in [-0.25, -0.2) is 22.2 Å². The molecule has 1 aromatic heterocycles. The van der Waals surface area contributed by atoms with E-state index < -0.39 is 38.2 Å². The average molecular weight is 444 g/mol. The van der Waals surface area contributed by atoms with Crippen LogP contribution in [0.2, 0.25) is 5.02 Å². The van der Waals surface area contributed by atoms with E-state index in [-0.39, 0.29) is 10.8 Å². The van der Waals surface area contributed by atoms with Gasteiger partial charge in [0.2, 0.25) is 0 Å². The van der Waals surface area contributed by atoms with Gasteiger partial charge in [0, 0.05) is 17.0 Å². The predicted molar refractivity (Wildman–Crippen MR) is 104 cm³/mol. The van der Waals surface area contributed by atoms with Crippen LogP contribution in [0, 0.1) is 11.6 Å². The minimum absolute atomic E-state index is 0.0538. The van der Waals surface area contributed by atoms with Gasteiger partial charge in [-0.2, -0.15) is 0 Å². The lowest BCUT2D eigenvalue weighted by molar-refractivity contribution is 0.195. The van der Waals surface area contributed by atoms with Crippen molar-refractivity contribution in [3.05, 3.63) is 75.2 Å². The normalized spacial score (nSPS) is 12.7. The molecular weight excluding hydrogens is 428 g/mol. The standard InChI is InChI=1S/C19H16ClF2NO3S2/c1-2-17(13-5-3-4-6-15(13)21)26-18-8-16(22)19(7-14(18)20)28(24,25)10-12-9-27-11-23-12/h3-9,11,17H,2,10H2,1H3/t17-/m0/s1. The van der Waals surface area contributed by atoms with Crippen molar-refractivity contribution in [2.75, 3.05) is 0 Å². The molecule has 2 aromatic carbocycles. The molecule has 0 aliphatic carbocycles. The van der Waals surface area contributed by atoms with Crippen LogP contribution in [-0.4, -0.2) is 13.4 Å². The summed E-state index contributed by atoms with van der Waals surface area (Å²) in [5.74, 6) is -1.93. The molecule has 0 spiro atoms. The minimum atomic E-state index is -3.98. The number of sulfone groups is 1. The maximum atomic E-state index is 14.6. The lowest BCUT2D eigenvalue weighted by Crippen LogP contribution is -2.11. The molecule has 28 heavy (non-hydrogen) atoms. The van der Waals surface area contributed by atoms with E-state index in [1.165, 1.54) is 22.9 Å². The molecule has 0 amide bonds. The second-order valence-corrected chi connectivity index (χ2v) is 9.07. The topological polar surface area (TPSA) is 56.3 Å². The summed E-state index contributed by atoms with van der Waals surface area (Å²) in [5.41, 5.74) is 2.13. The Morgan fingerprint density at radius 1 is 1.21 bits per heavy atom. The van der Waals surface area contributed by atoms with Gasteiger partial charge in [0.05, 0.1) is 22.0 Å². The van der Waals surface area contributed by atoms with Crippen molar-refractivity contribution in [1.82, 2.24) is 4.98 Å². The Labute approximate surface area is 170 Å². The molecule has 148 valence electrons. The van der Waals surface area contributed by atoms with Crippen molar-refractivity contribution in [2.24, 2.45) is 0 Å². The Hall–Kier alpha value is -2.03. The molecule has 0 aliphatic rings. The first-order chi connectivity index (χ1) is 13.3. The third-order valence-corrected chi connectivity index (χ3v) is 6.62. The Bertz CT molecular complexity index is 1070. The lowest BCUT2D eigenvalue weighted by atomic mass is 10.1. The largest absolute Gasteiger partial charge is 0.484 e. The Balaban J connectivity index is 1.90. The molecule has 0 aliphatic heterocycles. The zero-order valence-electron chi connectivity index (χ0n) is 14.7. The van der Waals surface area contributed by atoms with E-state index in [9.17, 15) is 17.2 Å². The summed E-state index contributed by atoms with van der Waals surface area (Å²) in [6.07, 6.45) is -0.293. The van der Waals surface area contributed by atoms with Crippen molar-refractivity contribution in [3.8, 4) is 5.75 Å². The van der Waals surface area contributed by atoms with Crippen LogP contribution in [0.4, 0.5) is 8.78 Å². The Morgan fingerprint density at radius 2 is 1.96 bits per heavy atom. The third-order valence-electron chi connectivity index (χ3n) is 4.03. The third kappa shape index (κ3) is 4.51. The molecule has 4 nitrogen and oxygen atoms in total. The quantitative estimate of drug-likeness (QED) is 0.478. The van der Waals surface area contributed by atoms with Crippen LogP contribution < -0.4 is 4.74 Å². The summed E-state index contributed by atoms with van der Waals surface area (Å²) in [6, 6.07) is 8.03. The molecule has 0 N–H and O–H groups in total. The van der Waals surface area contributed by atoms with Crippen molar-refractivity contribution >= 4 is 32.8 Å². The van der Waals surface area contributed by atoms with E-state index in [4.69, 9.17) is 16.3 Å². The fourth-order valence-electron chi connectivity index (χ4n) is 2.68. The van der Waals surface area contributed by atoms with Gasteiger partial charge in [0.15, 0.2) is 9.84 Å². The van der Waals surface area contributed by atoms with Crippen molar-refractivity contribution in [1.29, 1.82) is 0 Å². The second-order valence-electron chi connectivity index (χ2n) is 5.99. The highest BCUT2D eigenvalue weighted by Gasteiger charge is 2.25. The smallest absolute Gasteiger partial charge is 0.187 e. The van der Waals surface area contributed by atoms with E-state index in [0.717, 1.165) is 12.1 Å². The van der Waals surface area contributed by atoms with Crippen LogP contribution in [0.25, 0.3) is 0 Å². The van der Waals surface area contributed by atoms with Gasteiger partial charge in [0.1, 0.15) is 28.4 Å². The number of thiazole rings is 1. The molecule has 1 heterocycles. The molecule has 0 fully saturated rings. The highest BCUT2D eigenvalue weighted by molar-refractivity contribution is 7.90. The molecule has 0 bridgehead atoms.